The van der Waals surface area contributed by atoms with Crippen LogP contribution in [0.2, 0.25) is 5.02 Å². The highest BCUT2D eigenvalue weighted by Gasteiger charge is 2.52. The van der Waals surface area contributed by atoms with Crippen molar-refractivity contribution >= 4 is 11.6 Å². The van der Waals surface area contributed by atoms with E-state index in [0.717, 1.165) is 17.5 Å². The fourth-order valence-electron chi connectivity index (χ4n) is 3.49. The zero-order chi connectivity index (χ0) is 11.2. The van der Waals surface area contributed by atoms with Gasteiger partial charge in [0.1, 0.15) is 0 Å². The van der Waals surface area contributed by atoms with Crippen molar-refractivity contribution in [2.45, 2.75) is 37.5 Å². The summed E-state index contributed by atoms with van der Waals surface area (Å²) in [6, 6.07) is 6.45. The minimum atomic E-state index is 0.456. The predicted octanol–water partition coefficient (Wildman–Crippen LogP) is 3.28. The molecule has 2 aliphatic rings. The zero-order valence-electron chi connectivity index (χ0n) is 9.51. The van der Waals surface area contributed by atoms with Crippen LogP contribution >= 0.6 is 11.6 Å². The molecule has 1 atom stereocenters. The van der Waals surface area contributed by atoms with Crippen molar-refractivity contribution in [1.29, 1.82) is 0 Å². The lowest BCUT2D eigenvalue weighted by molar-refractivity contribution is 0.335. The highest BCUT2D eigenvalue weighted by atomic mass is 35.5. The Morgan fingerprint density at radius 2 is 2.19 bits per heavy atom. The minimum Gasteiger partial charge on any atom is -0.330 e. The van der Waals surface area contributed by atoms with Crippen molar-refractivity contribution < 1.29 is 0 Å². The van der Waals surface area contributed by atoms with E-state index in [4.69, 9.17) is 17.3 Å². The molecular weight excluding hydrogens is 218 g/mol. The van der Waals surface area contributed by atoms with Gasteiger partial charge in [-0.3, -0.25) is 0 Å². The number of hydrogen-bond acceptors (Lipinski definition) is 1. The average Bonchev–Trinajstić information content (AvgIpc) is 3.05. The highest BCUT2D eigenvalue weighted by molar-refractivity contribution is 6.30. The number of fused-ring (bicyclic) bond motifs is 2. The van der Waals surface area contributed by atoms with E-state index in [-0.39, 0.29) is 0 Å². The van der Waals surface area contributed by atoms with E-state index in [1.807, 2.05) is 6.07 Å². The largest absolute Gasteiger partial charge is 0.330 e. The van der Waals surface area contributed by atoms with Gasteiger partial charge in [0.15, 0.2) is 0 Å². The van der Waals surface area contributed by atoms with Crippen LogP contribution in [0.5, 0.6) is 0 Å². The number of benzene rings is 1. The van der Waals surface area contributed by atoms with Gasteiger partial charge in [0.05, 0.1) is 0 Å². The molecule has 1 nitrogen and oxygen atoms in total. The molecule has 0 aromatic heterocycles. The maximum atomic E-state index is 6.13. The molecule has 0 saturated heterocycles. The Morgan fingerprint density at radius 1 is 1.38 bits per heavy atom. The summed E-state index contributed by atoms with van der Waals surface area (Å²) in [6.45, 7) is 0.822. The van der Waals surface area contributed by atoms with Crippen LogP contribution in [-0.4, -0.2) is 6.54 Å². The first-order valence-corrected chi connectivity index (χ1v) is 6.63. The van der Waals surface area contributed by atoms with Crippen LogP contribution in [0.4, 0.5) is 0 Å². The molecule has 16 heavy (non-hydrogen) atoms. The third-order valence-corrected chi connectivity index (χ3v) is 4.69. The molecule has 86 valence electrons. The topological polar surface area (TPSA) is 26.0 Å². The van der Waals surface area contributed by atoms with E-state index >= 15 is 0 Å². The second-order valence-corrected chi connectivity index (χ2v) is 5.71. The average molecular weight is 236 g/mol. The predicted molar refractivity (Wildman–Crippen MR) is 67.8 cm³/mol. The fourth-order valence-corrected chi connectivity index (χ4v) is 3.66. The first-order chi connectivity index (χ1) is 7.76. The van der Waals surface area contributed by atoms with Crippen LogP contribution in [0.25, 0.3) is 0 Å². The normalized spacial score (nSPS) is 25.5. The Hall–Kier alpha value is -0.530. The Bertz CT molecular complexity index is 409. The minimum absolute atomic E-state index is 0.456. The van der Waals surface area contributed by atoms with E-state index in [2.05, 4.69) is 12.1 Å². The second kappa shape index (κ2) is 3.75. The van der Waals surface area contributed by atoms with Crippen molar-refractivity contribution in [3.05, 3.63) is 34.3 Å². The van der Waals surface area contributed by atoms with Crippen LogP contribution in [0.3, 0.4) is 0 Å². The molecule has 1 unspecified atom stereocenters. The molecule has 3 rings (SSSR count). The molecule has 0 aliphatic heterocycles. The van der Waals surface area contributed by atoms with Crippen molar-refractivity contribution in [1.82, 2.24) is 0 Å². The van der Waals surface area contributed by atoms with Crippen LogP contribution in [0.15, 0.2) is 18.2 Å². The number of halogens is 1. The Kier molecular flexibility index (Phi) is 2.49. The smallest absolute Gasteiger partial charge is 0.0409 e. The van der Waals surface area contributed by atoms with Crippen molar-refractivity contribution in [3.63, 3.8) is 0 Å². The SMILES string of the molecule is NCCC1CCc2ccc(Cl)cc2C12CC2. The standard InChI is InChI=1S/C14H18ClN/c15-12-4-2-10-1-3-11(5-8-16)14(6-7-14)13(10)9-12/h2,4,9,11H,1,3,5-8,16H2. The molecule has 0 bridgehead atoms. The van der Waals surface area contributed by atoms with Crippen molar-refractivity contribution in [2.24, 2.45) is 11.7 Å². The van der Waals surface area contributed by atoms with Gasteiger partial charge < -0.3 is 5.73 Å². The summed E-state index contributed by atoms with van der Waals surface area (Å²) >= 11 is 6.13. The Labute approximate surface area is 102 Å². The van der Waals surface area contributed by atoms with Gasteiger partial charge in [-0.05, 0) is 73.2 Å². The zero-order valence-corrected chi connectivity index (χ0v) is 10.3. The molecule has 1 fully saturated rings. The molecule has 0 amide bonds. The van der Waals surface area contributed by atoms with E-state index in [1.165, 1.54) is 43.2 Å². The second-order valence-electron chi connectivity index (χ2n) is 5.27. The molecule has 1 saturated carbocycles. The molecule has 0 radical (unpaired) electrons. The molecule has 2 aliphatic carbocycles. The maximum absolute atomic E-state index is 6.13. The van der Waals surface area contributed by atoms with E-state index in [9.17, 15) is 0 Å². The molecule has 2 heteroatoms. The molecular formula is C14H18ClN. The van der Waals surface area contributed by atoms with Gasteiger partial charge in [0, 0.05) is 5.02 Å². The summed E-state index contributed by atoms with van der Waals surface area (Å²) in [5.74, 6) is 0.795. The van der Waals surface area contributed by atoms with Crippen LogP contribution in [0, 0.1) is 5.92 Å². The summed E-state index contributed by atoms with van der Waals surface area (Å²) in [5.41, 5.74) is 9.24. The summed E-state index contributed by atoms with van der Waals surface area (Å²) in [4.78, 5) is 0. The first kappa shape index (κ1) is 10.6. The van der Waals surface area contributed by atoms with Gasteiger partial charge in [-0.15, -0.1) is 0 Å². The monoisotopic (exact) mass is 235 g/mol. The molecule has 2 N–H and O–H groups in total. The number of rotatable bonds is 2. The van der Waals surface area contributed by atoms with E-state index < -0.39 is 0 Å². The maximum Gasteiger partial charge on any atom is 0.0409 e. The number of nitrogens with two attached hydrogens (primary N) is 1. The third-order valence-electron chi connectivity index (χ3n) is 4.46. The van der Waals surface area contributed by atoms with Gasteiger partial charge in [-0.1, -0.05) is 17.7 Å². The Morgan fingerprint density at radius 3 is 2.88 bits per heavy atom. The van der Waals surface area contributed by atoms with Crippen LogP contribution in [-0.2, 0) is 11.8 Å². The molecule has 1 aromatic carbocycles. The lowest BCUT2D eigenvalue weighted by atomic mass is 9.71. The summed E-state index contributed by atoms with van der Waals surface area (Å²) < 4.78 is 0. The molecule has 1 spiro atoms. The highest BCUT2D eigenvalue weighted by Crippen LogP contribution is 2.59. The molecule has 0 heterocycles. The van der Waals surface area contributed by atoms with Gasteiger partial charge in [-0.2, -0.15) is 0 Å². The lowest BCUT2D eigenvalue weighted by Gasteiger charge is -2.34. The summed E-state index contributed by atoms with van der Waals surface area (Å²) in [5, 5.41) is 0.887. The summed E-state index contributed by atoms with van der Waals surface area (Å²) in [7, 11) is 0. The first-order valence-electron chi connectivity index (χ1n) is 6.25. The number of hydrogen-bond donors (Lipinski definition) is 1. The van der Waals surface area contributed by atoms with Crippen LogP contribution < -0.4 is 5.73 Å². The summed E-state index contributed by atoms with van der Waals surface area (Å²) in [6.07, 6.45) is 6.37. The lowest BCUT2D eigenvalue weighted by Crippen LogP contribution is -2.29. The van der Waals surface area contributed by atoms with Crippen molar-refractivity contribution in [2.75, 3.05) is 6.54 Å². The molecule has 1 aromatic rings. The van der Waals surface area contributed by atoms with Gasteiger partial charge >= 0.3 is 0 Å². The van der Waals surface area contributed by atoms with E-state index in [0.29, 0.717) is 5.41 Å². The van der Waals surface area contributed by atoms with Crippen molar-refractivity contribution in [3.8, 4) is 0 Å². The van der Waals surface area contributed by atoms with Gasteiger partial charge in [0.2, 0.25) is 0 Å². The van der Waals surface area contributed by atoms with Gasteiger partial charge in [0.25, 0.3) is 0 Å². The fraction of sp³-hybridized carbons (Fsp3) is 0.571. The van der Waals surface area contributed by atoms with E-state index in [1.54, 1.807) is 0 Å². The quantitative estimate of drug-likeness (QED) is 0.837. The Balaban J connectivity index is 2.01. The third kappa shape index (κ3) is 1.49. The van der Waals surface area contributed by atoms with Gasteiger partial charge in [-0.25, -0.2) is 0 Å². The number of aryl methyl sites for hydroxylation is 1. The van der Waals surface area contributed by atoms with Crippen LogP contribution in [0.1, 0.15) is 36.8 Å².